The molecule has 2 aromatic rings. The summed E-state index contributed by atoms with van der Waals surface area (Å²) >= 11 is 0. The molecule has 0 saturated carbocycles. The molecule has 1 fully saturated rings. The van der Waals surface area contributed by atoms with E-state index < -0.39 is 0 Å². The van der Waals surface area contributed by atoms with Crippen LogP contribution in [0, 0.1) is 0 Å². The summed E-state index contributed by atoms with van der Waals surface area (Å²) in [6.45, 7) is 10.6. The first kappa shape index (κ1) is 23.1. The molecule has 0 unspecified atom stereocenters. The van der Waals surface area contributed by atoms with Crippen molar-refractivity contribution in [2.75, 3.05) is 46.9 Å². The van der Waals surface area contributed by atoms with Gasteiger partial charge in [0.2, 0.25) is 0 Å². The number of nitrogens with zero attached hydrogens (tertiary/aromatic N) is 1. The van der Waals surface area contributed by atoms with Gasteiger partial charge in [0.05, 0.1) is 14.2 Å². The van der Waals surface area contributed by atoms with Gasteiger partial charge in [-0.2, -0.15) is 0 Å². The van der Waals surface area contributed by atoms with Crippen LogP contribution in [0.25, 0.3) is 0 Å². The predicted molar refractivity (Wildman–Crippen MR) is 122 cm³/mol. The molecule has 1 aliphatic heterocycles. The molecule has 31 heavy (non-hydrogen) atoms. The van der Waals surface area contributed by atoms with E-state index in [1.165, 1.54) is 16.0 Å². The van der Waals surface area contributed by atoms with Crippen LogP contribution in [0.15, 0.2) is 48.5 Å². The zero-order valence-corrected chi connectivity index (χ0v) is 19.3. The second kappa shape index (κ2) is 11.2. The number of carbonyl (C=O) groups is 1. The molecule has 2 aromatic carbocycles. The zero-order chi connectivity index (χ0) is 22.2. The minimum Gasteiger partial charge on any atom is -0.493 e. The van der Waals surface area contributed by atoms with Crippen molar-refractivity contribution in [1.82, 2.24) is 4.90 Å². The van der Waals surface area contributed by atoms with Crippen molar-refractivity contribution in [2.24, 2.45) is 0 Å². The number of amides is 1. The molecule has 0 atom stereocenters. The summed E-state index contributed by atoms with van der Waals surface area (Å²) in [7, 11) is 3.33. The van der Waals surface area contributed by atoms with Gasteiger partial charge in [-0.1, -0.05) is 30.3 Å². The highest BCUT2D eigenvalue weighted by atomic mass is 16.5. The smallest absolute Gasteiger partial charge is 0.278 e. The van der Waals surface area contributed by atoms with Gasteiger partial charge in [0.25, 0.3) is 5.91 Å². The van der Waals surface area contributed by atoms with Crippen molar-refractivity contribution >= 4 is 5.91 Å². The van der Waals surface area contributed by atoms with E-state index in [9.17, 15) is 4.79 Å². The van der Waals surface area contributed by atoms with Crippen molar-refractivity contribution < 1.29 is 24.1 Å². The van der Waals surface area contributed by atoms with Gasteiger partial charge in [-0.25, -0.2) is 0 Å². The average molecular weight is 428 g/mol. The minimum absolute atomic E-state index is 0.198. The third-order valence-corrected chi connectivity index (χ3v) is 6.11. The summed E-state index contributed by atoms with van der Waals surface area (Å²) < 4.78 is 10.8. The summed E-state index contributed by atoms with van der Waals surface area (Å²) in [5.41, 5.74) is 2.43. The monoisotopic (exact) mass is 427 g/mol. The van der Waals surface area contributed by atoms with Crippen LogP contribution in [0.5, 0.6) is 11.5 Å². The Morgan fingerprint density at radius 3 is 2.16 bits per heavy atom. The molecule has 0 spiro atoms. The van der Waals surface area contributed by atoms with Crippen LogP contribution < -0.4 is 19.3 Å². The Morgan fingerprint density at radius 1 is 0.903 bits per heavy atom. The molecule has 168 valence electrons. The van der Waals surface area contributed by atoms with Crippen LogP contribution in [-0.4, -0.2) is 63.8 Å². The lowest BCUT2D eigenvalue weighted by atomic mass is 10.1. The lowest BCUT2D eigenvalue weighted by Gasteiger charge is -2.32. The summed E-state index contributed by atoms with van der Waals surface area (Å²) in [6.07, 6.45) is 0. The highest BCUT2D eigenvalue weighted by Crippen LogP contribution is 2.27. The van der Waals surface area contributed by atoms with Gasteiger partial charge in [-0.05, 0) is 37.6 Å². The van der Waals surface area contributed by atoms with Gasteiger partial charge in [0.1, 0.15) is 32.7 Å². The number of hydrogen-bond acceptors (Lipinski definition) is 3. The van der Waals surface area contributed by atoms with Gasteiger partial charge in [0, 0.05) is 18.2 Å². The normalized spacial score (nSPS) is 18.6. The fraction of sp³-hybridized carbons (Fsp3) is 0.480. The minimum atomic E-state index is 0.198. The van der Waals surface area contributed by atoms with Crippen LogP contribution in [0.4, 0.5) is 0 Å². The van der Waals surface area contributed by atoms with Gasteiger partial charge in [0.15, 0.2) is 18.0 Å². The Bertz CT molecular complexity index is 833. The maximum absolute atomic E-state index is 13.0. The van der Waals surface area contributed by atoms with Crippen molar-refractivity contribution in [3.05, 3.63) is 59.7 Å². The Hall–Kier alpha value is -2.57. The summed E-state index contributed by atoms with van der Waals surface area (Å²) in [5.74, 6) is 1.79. The van der Waals surface area contributed by atoms with Gasteiger partial charge >= 0.3 is 0 Å². The van der Waals surface area contributed by atoms with Crippen molar-refractivity contribution in [2.45, 2.75) is 33.0 Å². The number of ether oxygens (including phenoxy) is 2. The van der Waals surface area contributed by atoms with Crippen LogP contribution in [0.2, 0.25) is 0 Å². The average Bonchev–Trinajstić information content (AvgIpc) is 2.79. The molecule has 0 radical (unpaired) electrons. The number of carbonyl (C=O) groups excluding carboxylic acids is 1. The lowest BCUT2D eigenvalue weighted by molar-refractivity contribution is -1.02. The second-order valence-electron chi connectivity index (χ2n) is 8.64. The third kappa shape index (κ3) is 6.45. The Labute approximate surface area is 186 Å². The maximum Gasteiger partial charge on any atom is 0.278 e. The Kier molecular flexibility index (Phi) is 8.32. The van der Waals surface area contributed by atoms with E-state index in [1.54, 1.807) is 19.1 Å². The number of piperazine rings is 1. The SMILES string of the molecule is COc1ccc(C[NH+]2CC[NH+](CC(=O)N(Cc3ccccc3)C(C)C)CC2)cc1OC. The summed E-state index contributed by atoms with van der Waals surface area (Å²) in [4.78, 5) is 18.0. The van der Waals surface area contributed by atoms with E-state index in [-0.39, 0.29) is 11.9 Å². The van der Waals surface area contributed by atoms with Crippen LogP contribution >= 0.6 is 0 Å². The molecule has 6 heteroatoms. The quantitative estimate of drug-likeness (QED) is 0.610. The first-order valence-corrected chi connectivity index (χ1v) is 11.2. The molecule has 1 amide bonds. The molecular weight excluding hydrogens is 390 g/mol. The van der Waals surface area contributed by atoms with Crippen LogP contribution in [0.1, 0.15) is 25.0 Å². The van der Waals surface area contributed by atoms with E-state index in [0.717, 1.165) is 44.2 Å². The van der Waals surface area contributed by atoms with Crippen molar-refractivity contribution in [3.8, 4) is 11.5 Å². The molecule has 0 aliphatic carbocycles. The van der Waals surface area contributed by atoms with Crippen LogP contribution in [-0.2, 0) is 17.9 Å². The van der Waals surface area contributed by atoms with Gasteiger partial charge < -0.3 is 24.2 Å². The molecule has 0 aromatic heterocycles. The number of benzene rings is 2. The molecule has 3 rings (SSSR count). The van der Waals surface area contributed by atoms with Crippen LogP contribution in [0.3, 0.4) is 0 Å². The van der Waals surface area contributed by atoms with E-state index in [0.29, 0.717) is 13.1 Å². The second-order valence-corrected chi connectivity index (χ2v) is 8.64. The van der Waals surface area contributed by atoms with Crippen molar-refractivity contribution in [1.29, 1.82) is 0 Å². The molecule has 1 saturated heterocycles. The number of methoxy groups -OCH3 is 2. The van der Waals surface area contributed by atoms with Gasteiger partial charge in [-0.3, -0.25) is 4.79 Å². The fourth-order valence-corrected chi connectivity index (χ4v) is 4.24. The standard InChI is InChI=1S/C25H35N3O3/c1-20(2)28(18-21-8-6-5-7-9-21)25(29)19-27-14-12-26(13-15-27)17-22-10-11-23(30-3)24(16-22)31-4/h5-11,16,20H,12-15,17-19H2,1-4H3/p+2. The topological polar surface area (TPSA) is 47.7 Å². The fourth-order valence-electron chi connectivity index (χ4n) is 4.24. The third-order valence-electron chi connectivity index (χ3n) is 6.11. The zero-order valence-electron chi connectivity index (χ0n) is 19.3. The lowest BCUT2D eigenvalue weighted by Crippen LogP contribution is -3.28. The van der Waals surface area contributed by atoms with E-state index in [2.05, 4.69) is 38.1 Å². The van der Waals surface area contributed by atoms with Gasteiger partial charge in [-0.15, -0.1) is 0 Å². The summed E-state index contributed by atoms with van der Waals surface area (Å²) in [6, 6.07) is 16.6. The first-order valence-electron chi connectivity index (χ1n) is 11.2. The molecule has 1 heterocycles. The Balaban J connectivity index is 1.50. The molecule has 1 aliphatic rings. The number of rotatable bonds is 9. The molecular formula is C25H37N3O3+2. The maximum atomic E-state index is 13.0. The first-order chi connectivity index (χ1) is 15.0. The van der Waals surface area contributed by atoms with E-state index >= 15 is 0 Å². The van der Waals surface area contributed by atoms with E-state index in [4.69, 9.17) is 9.47 Å². The van der Waals surface area contributed by atoms with Crippen molar-refractivity contribution in [3.63, 3.8) is 0 Å². The predicted octanol–water partition coefficient (Wildman–Crippen LogP) is 0.424. The molecule has 0 bridgehead atoms. The highest BCUT2D eigenvalue weighted by molar-refractivity contribution is 5.77. The number of quaternary nitrogens is 2. The number of nitrogens with one attached hydrogen (secondary N) is 2. The largest absolute Gasteiger partial charge is 0.493 e. The summed E-state index contributed by atoms with van der Waals surface area (Å²) in [5, 5.41) is 0. The number of hydrogen-bond donors (Lipinski definition) is 2. The highest BCUT2D eigenvalue weighted by Gasteiger charge is 2.28. The Morgan fingerprint density at radius 2 is 1.55 bits per heavy atom. The van der Waals surface area contributed by atoms with E-state index in [1.807, 2.05) is 29.2 Å². The molecule has 6 nitrogen and oxygen atoms in total. The molecule has 2 N–H and O–H groups in total.